The van der Waals surface area contributed by atoms with E-state index in [2.05, 4.69) is 24.0 Å². The molecule has 1 aromatic heterocycles. The van der Waals surface area contributed by atoms with Crippen LogP contribution in [0, 0.1) is 6.92 Å². The largest absolute Gasteiger partial charge is 0.325 e. The van der Waals surface area contributed by atoms with Crippen molar-refractivity contribution in [2.75, 3.05) is 0 Å². The van der Waals surface area contributed by atoms with Crippen LogP contribution in [0.5, 0.6) is 0 Å². The molecule has 0 unspecified atom stereocenters. The van der Waals surface area contributed by atoms with Crippen LogP contribution < -0.4 is 5.73 Å². The van der Waals surface area contributed by atoms with Gasteiger partial charge in [0.1, 0.15) is 11.0 Å². The number of rotatable bonds is 2. The Labute approximate surface area is 99.9 Å². The van der Waals surface area contributed by atoms with Crippen LogP contribution in [0.4, 0.5) is 0 Å². The second-order valence-electron chi connectivity index (χ2n) is 3.80. The van der Waals surface area contributed by atoms with Gasteiger partial charge < -0.3 is 10.3 Å². The molecule has 0 amide bonds. The molecule has 0 aliphatic heterocycles. The van der Waals surface area contributed by atoms with Crippen molar-refractivity contribution in [1.29, 1.82) is 0 Å². The average molecular weight is 236 g/mol. The lowest BCUT2D eigenvalue weighted by Gasteiger charge is -2.02. The van der Waals surface area contributed by atoms with Crippen LogP contribution in [0.25, 0.3) is 11.4 Å². The highest BCUT2D eigenvalue weighted by atomic mass is 35.5. The first kappa shape index (κ1) is 11.2. The molecule has 0 aliphatic rings. The zero-order valence-corrected chi connectivity index (χ0v) is 10.1. The number of aryl methyl sites for hydroxylation is 1. The predicted molar refractivity (Wildman–Crippen MR) is 66.3 cm³/mol. The van der Waals surface area contributed by atoms with Crippen LogP contribution >= 0.6 is 11.6 Å². The summed E-state index contributed by atoms with van der Waals surface area (Å²) in [6, 6.07) is 8.18. The molecule has 1 heterocycles. The fourth-order valence-electron chi connectivity index (χ4n) is 1.63. The molecule has 4 heteroatoms. The molecule has 0 spiro atoms. The van der Waals surface area contributed by atoms with E-state index in [-0.39, 0.29) is 0 Å². The Balaban J connectivity index is 2.52. The normalized spacial score (nSPS) is 10.8. The first-order chi connectivity index (χ1) is 7.63. The summed E-state index contributed by atoms with van der Waals surface area (Å²) in [5, 5.41) is 0.609. The highest BCUT2D eigenvalue weighted by molar-refractivity contribution is 6.30. The standard InChI is InChI=1S/C12H14ClN3/c1-8-3-5-9(6-4-8)12-15-10(7-14)11(13)16(12)2/h3-6H,7,14H2,1-2H3. The molecule has 84 valence electrons. The molecule has 0 bridgehead atoms. The predicted octanol–water partition coefficient (Wildman–Crippen LogP) is 2.51. The lowest BCUT2D eigenvalue weighted by Crippen LogP contribution is -1.97. The molecule has 2 N–H and O–H groups in total. The third-order valence-electron chi connectivity index (χ3n) is 2.59. The Morgan fingerprint density at radius 3 is 2.44 bits per heavy atom. The maximum absolute atomic E-state index is 6.12. The number of aromatic nitrogens is 2. The summed E-state index contributed by atoms with van der Waals surface area (Å²) in [4.78, 5) is 4.43. The Hall–Kier alpha value is -1.32. The average Bonchev–Trinajstić information content (AvgIpc) is 2.57. The minimum absolute atomic E-state index is 0.360. The van der Waals surface area contributed by atoms with Crippen LogP contribution in [0.3, 0.4) is 0 Å². The lowest BCUT2D eigenvalue weighted by molar-refractivity contribution is 0.922. The molecule has 0 aliphatic carbocycles. The summed E-state index contributed by atoms with van der Waals surface area (Å²) < 4.78 is 1.86. The van der Waals surface area contributed by atoms with Gasteiger partial charge in [0, 0.05) is 19.2 Å². The van der Waals surface area contributed by atoms with Gasteiger partial charge in [-0.05, 0) is 6.92 Å². The van der Waals surface area contributed by atoms with Gasteiger partial charge in [-0.1, -0.05) is 41.4 Å². The van der Waals surface area contributed by atoms with Crippen LogP contribution in [0.1, 0.15) is 11.3 Å². The third-order valence-corrected chi connectivity index (χ3v) is 3.07. The summed E-state index contributed by atoms with van der Waals surface area (Å²) in [5.41, 5.74) is 8.59. The number of hydrogen-bond acceptors (Lipinski definition) is 2. The first-order valence-electron chi connectivity index (χ1n) is 5.11. The number of nitrogens with zero attached hydrogens (tertiary/aromatic N) is 2. The van der Waals surface area contributed by atoms with E-state index in [1.807, 2.05) is 23.7 Å². The zero-order chi connectivity index (χ0) is 11.7. The summed E-state index contributed by atoms with van der Waals surface area (Å²) in [6.45, 7) is 2.42. The van der Waals surface area contributed by atoms with Gasteiger partial charge in [-0.25, -0.2) is 4.98 Å². The fraction of sp³-hybridized carbons (Fsp3) is 0.250. The number of imidazole rings is 1. The van der Waals surface area contributed by atoms with Gasteiger partial charge in [-0.3, -0.25) is 0 Å². The molecular formula is C12H14ClN3. The van der Waals surface area contributed by atoms with E-state index >= 15 is 0 Å². The van der Waals surface area contributed by atoms with E-state index in [1.54, 1.807) is 0 Å². The highest BCUT2D eigenvalue weighted by Crippen LogP contribution is 2.24. The fourth-order valence-corrected chi connectivity index (χ4v) is 1.83. The van der Waals surface area contributed by atoms with Crippen LogP contribution in [-0.2, 0) is 13.6 Å². The Bertz CT molecular complexity index is 500. The molecule has 3 nitrogen and oxygen atoms in total. The smallest absolute Gasteiger partial charge is 0.141 e. The number of hydrogen-bond donors (Lipinski definition) is 1. The Morgan fingerprint density at radius 2 is 1.94 bits per heavy atom. The van der Waals surface area contributed by atoms with E-state index in [0.717, 1.165) is 17.1 Å². The summed E-state index contributed by atoms with van der Waals surface area (Å²) in [5.74, 6) is 0.852. The van der Waals surface area contributed by atoms with Crippen molar-refractivity contribution in [2.24, 2.45) is 12.8 Å². The quantitative estimate of drug-likeness (QED) is 0.869. The minimum atomic E-state index is 0.360. The number of halogens is 1. The monoisotopic (exact) mass is 235 g/mol. The lowest BCUT2D eigenvalue weighted by atomic mass is 10.1. The van der Waals surface area contributed by atoms with Crippen molar-refractivity contribution in [3.63, 3.8) is 0 Å². The number of benzene rings is 1. The maximum Gasteiger partial charge on any atom is 0.141 e. The van der Waals surface area contributed by atoms with Gasteiger partial charge in [0.25, 0.3) is 0 Å². The van der Waals surface area contributed by atoms with E-state index in [9.17, 15) is 0 Å². The first-order valence-corrected chi connectivity index (χ1v) is 5.49. The molecule has 16 heavy (non-hydrogen) atoms. The SMILES string of the molecule is Cc1ccc(-c2nc(CN)c(Cl)n2C)cc1. The number of nitrogens with two attached hydrogens (primary N) is 1. The van der Waals surface area contributed by atoms with Gasteiger partial charge >= 0.3 is 0 Å². The molecule has 0 fully saturated rings. The van der Waals surface area contributed by atoms with Crippen LogP contribution in [-0.4, -0.2) is 9.55 Å². The zero-order valence-electron chi connectivity index (χ0n) is 9.37. The topological polar surface area (TPSA) is 43.8 Å². The van der Waals surface area contributed by atoms with Crippen LogP contribution in [0.2, 0.25) is 5.15 Å². The second-order valence-corrected chi connectivity index (χ2v) is 4.16. The molecule has 1 aromatic carbocycles. The molecule has 2 aromatic rings. The van der Waals surface area contributed by atoms with Gasteiger partial charge in [-0.15, -0.1) is 0 Å². The summed E-state index contributed by atoms with van der Waals surface area (Å²) in [7, 11) is 1.89. The summed E-state index contributed by atoms with van der Waals surface area (Å²) >= 11 is 6.12. The molecule has 0 saturated heterocycles. The van der Waals surface area contributed by atoms with Crippen molar-refractivity contribution < 1.29 is 0 Å². The van der Waals surface area contributed by atoms with E-state index in [1.165, 1.54) is 5.56 Å². The Kier molecular flexibility index (Phi) is 2.99. The second kappa shape index (κ2) is 4.28. The molecular weight excluding hydrogens is 222 g/mol. The van der Waals surface area contributed by atoms with Gasteiger partial charge in [0.2, 0.25) is 0 Å². The minimum Gasteiger partial charge on any atom is -0.325 e. The maximum atomic E-state index is 6.12. The van der Waals surface area contributed by atoms with Gasteiger partial charge in [-0.2, -0.15) is 0 Å². The van der Waals surface area contributed by atoms with E-state index < -0.39 is 0 Å². The van der Waals surface area contributed by atoms with Crippen molar-refractivity contribution in [3.05, 3.63) is 40.7 Å². The van der Waals surface area contributed by atoms with E-state index in [4.69, 9.17) is 17.3 Å². The Morgan fingerprint density at radius 1 is 1.31 bits per heavy atom. The molecule has 2 rings (SSSR count). The molecule has 0 atom stereocenters. The van der Waals surface area contributed by atoms with Gasteiger partial charge in [0.15, 0.2) is 0 Å². The molecule has 0 saturated carbocycles. The van der Waals surface area contributed by atoms with E-state index in [0.29, 0.717) is 11.7 Å². The van der Waals surface area contributed by atoms with Crippen molar-refractivity contribution in [1.82, 2.24) is 9.55 Å². The molecule has 0 radical (unpaired) electrons. The van der Waals surface area contributed by atoms with Crippen molar-refractivity contribution in [2.45, 2.75) is 13.5 Å². The van der Waals surface area contributed by atoms with Crippen LogP contribution in [0.15, 0.2) is 24.3 Å². The van der Waals surface area contributed by atoms with Crippen molar-refractivity contribution in [3.8, 4) is 11.4 Å². The third kappa shape index (κ3) is 1.84. The summed E-state index contributed by atoms with van der Waals surface area (Å²) in [6.07, 6.45) is 0. The highest BCUT2D eigenvalue weighted by Gasteiger charge is 2.12. The van der Waals surface area contributed by atoms with Gasteiger partial charge in [0.05, 0.1) is 5.69 Å². The van der Waals surface area contributed by atoms with Crippen molar-refractivity contribution >= 4 is 11.6 Å².